The number of imide groups is 1. The van der Waals surface area contributed by atoms with Crippen molar-refractivity contribution in [2.75, 3.05) is 23.5 Å². The Morgan fingerprint density at radius 3 is 2.25 bits per heavy atom. The molecule has 32 heavy (non-hydrogen) atoms. The molecule has 0 bridgehead atoms. The van der Waals surface area contributed by atoms with Crippen LogP contribution < -0.4 is 14.5 Å². The van der Waals surface area contributed by atoms with E-state index in [1.807, 2.05) is 37.3 Å². The highest BCUT2D eigenvalue weighted by Crippen LogP contribution is 2.38. The van der Waals surface area contributed by atoms with Gasteiger partial charge in [0.1, 0.15) is 17.3 Å². The number of amides is 2. The molecule has 1 aliphatic heterocycles. The molecule has 4 rings (SSSR count). The minimum atomic E-state index is -0.507. The molecule has 7 heteroatoms. The zero-order valence-electron chi connectivity index (χ0n) is 17.5. The van der Waals surface area contributed by atoms with E-state index in [2.05, 4.69) is 0 Å². The summed E-state index contributed by atoms with van der Waals surface area (Å²) in [5, 5.41) is 0.276. The first-order valence-electron chi connectivity index (χ1n) is 10.0. The topological polar surface area (TPSA) is 49.9 Å². The van der Waals surface area contributed by atoms with Gasteiger partial charge in [0.2, 0.25) is 0 Å². The minimum Gasteiger partial charge on any atom is -0.495 e. The molecule has 3 aromatic rings. The van der Waals surface area contributed by atoms with Crippen LogP contribution in [0.15, 0.2) is 78.5 Å². The number of hydrogen-bond donors (Lipinski definition) is 0. The van der Waals surface area contributed by atoms with E-state index in [0.29, 0.717) is 23.5 Å². The van der Waals surface area contributed by atoms with E-state index in [4.69, 9.17) is 16.3 Å². The van der Waals surface area contributed by atoms with E-state index < -0.39 is 17.6 Å². The second-order valence-electron chi connectivity index (χ2n) is 7.07. The van der Waals surface area contributed by atoms with Crippen molar-refractivity contribution in [2.45, 2.75) is 6.92 Å². The summed E-state index contributed by atoms with van der Waals surface area (Å²) in [5.74, 6) is -0.990. The molecule has 1 aliphatic rings. The van der Waals surface area contributed by atoms with Gasteiger partial charge in [-0.15, -0.1) is 0 Å². The number of para-hydroxylation sites is 1. The Labute approximate surface area is 190 Å². The molecule has 0 spiro atoms. The van der Waals surface area contributed by atoms with Crippen molar-refractivity contribution < 1.29 is 18.7 Å². The fourth-order valence-corrected chi connectivity index (χ4v) is 4.00. The largest absolute Gasteiger partial charge is 0.495 e. The predicted molar refractivity (Wildman–Crippen MR) is 123 cm³/mol. The van der Waals surface area contributed by atoms with Crippen LogP contribution in [0.3, 0.4) is 0 Å². The molecule has 0 saturated carbocycles. The molecule has 0 aliphatic carbocycles. The fourth-order valence-electron chi connectivity index (χ4n) is 3.75. The van der Waals surface area contributed by atoms with Gasteiger partial charge in [-0.05, 0) is 55.0 Å². The molecule has 5 nitrogen and oxygen atoms in total. The van der Waals surface area contributed by atoms with Crippen molar-refractivity contribution in [3.05, 3.63) is 94.9 Å². The highest BCUT2D eigenvalue weighted by molar-refractivity contribution is 6.46. The number of methoxy groups -OCH3 is 1. The summed E-state index contributed by atoms with van der Waals surface area (Å²) in [7, 11) is 1.48. The van der Waals surface area contributed by atoms with Gasteiger partial charge in [-0.3, -0.25) is 9.59 Å². The number of rotatable bonds is 6. The van der Waals surface area contributed by atoms with Gasteiger partial charge in [0.25, 0.3) is 11.8 Å². The number of anilines is 2. The van der Waals surface area contributed by atoms with E-state index >= 15 is 0 Å². The summed E-state index contributed by atoms with van der Waals surface area (Å²) in [4.78, 5) is 30.1. The first-order valence-corrected chi connectivity index (χ1v) is 10.4. The Balaban J connectivity index is 1.89. The van der Waals surface area contributed by atoms with Gasteiger partial charge in [-0.25, -0.2) is 9.29 Å². The smallest absolute Gasteiger partial charge is 0.282 e. The molecule has 0 radical (unpaired) electrons. The van der Waals surface area contributed by atoms with Gasteiger partial charge in [0.05, 0.1) is 23.4 Å². The molecule has 0 saturated heterocycles. The highest BCUT2D eigenvalue weighted by atomic mass is 35.5. The Morgan fingerprint density at radius 1 is 0.969 bits per heavy atom. The van der Waals surface area contributed by atoms with Gasteiger partial charge in [0.15, 0.2) is 0 Å². The van der Waals surface area contributed by atoms with Gasteiger partial charge in [0, 0.05) is 12.2 Å². The average Bonchev–Trinajstić information content (AvgIpc) is 3.05. The third kappa shape index (κ3) is 3.74. The number of carbonyl (C=O) groups excluding carboxylic acids is 2. The number of halogens is 2. The van der Waals surface area contributed by atoms with Crippen LogP contribution in [0.5, 0.6) is 5.75 Å². The number of carbonyl (C=O) groups is 2. The summed E-state index contributed by atoms with van der Waals surface area (Å²) in [5.41, 5.74) is 1.97. The van der Waals surface area contributed by atoms with Crippen molar-refractivity contribution in [3.63, 3.8) is 0 Å². The normalized spacial score (nSPS) is 13.7. The van der Waals surface area contributed by atoms with Crippen LogP contribution in [-0.2, 0) is 9.59 Å². The summed E-state index contributed by atoms with van der Waals surface area (Å²) >= 11 is 6.26. The van der Waals surface area contributed by atoms with E-state index in [1.54, 1.807) is 17.0 Å². The number of likely N-dealkylation sites (N-methyl/N-ethyl adjacent to an activating group) is 1. The molecule has 3 aromatic carbocycles. The fraction of sp³-hybridized carbons (Fsp3) is 0.120. The predicted octanol–water partition coefficient (Wildman–Crippen LogP) is 5.30. The lowest BCUT2D eigenvalue weighted by Crippen LogP contribution is -2.35. The number of nitrogens with zero attached hydrogens (tertiary/aromatic N) is 2. The van der Waals surface area contributed by atoms with Crippen LogP contribution in [0, 0.1) is 5.82 Å². The van der Waals surface area contributed by atoms with E-state index in [1.165, 1.54) is 37.4 Å². The average molecular weight is 451 g/mol. The third-order valence-corrected chi connectivity index (χ3v) is 5.54. The van der Waals surface area contributed by atoms with Crippen molar-refractivity contribution in [1.82, 2.24) is 0 Å². The maximum Gasteiger partial charge on any atom is 0.282 e. The van der Waals surface area contributed by atoms with Crippen LogP contribution in [0.1, 0.15) is 12.5 Å². The van der Waals surface area contributed by atoms with Crippen molar-refractivity contribution >= 4 is 40.4 Å². The van der Waals surface area contributed by atoms with E-state index in [9.17, 15) is 14.0 Å². The lowest BCUT2D eigenvalue weighted by molar-refractivity contribution is -0.120. The van der Waals surface area contributed by atoms with E-state index in [-0.39, 0.29) is 16.3 Å². The van der Waals surface area contributed by atoms with Gasteiger partial charge in [-0.1, -0.05) is 41.9 Å². The van der Waals surface area contributed by atoms with Crippen molar-refractivity contribution in [3.8, 4) is 5.75 Å². The van der Waals surface area contributed by atoms with Gasteiger partial charge in [-0.2, -0.15) is 0 Å². The first-order chi connectivity index (χ1) is 15.5. The quantitative estimate of drug-likeness (QED) is 0.478. The minimum absolute atomic E-state index is 0.202. The van der Waals surface area contributed by atoms with Crippen LogP contribution in [0.25, 0.3) is 5.57 Å². The van der Waals surface area contributed by atoms with Crippen LogP contribution in [0.4, 0.5) is 15.8 Å². The van der Waals surface area contributed by atoms with Gasteiger partial charge >= 0.3 is 0 Å². The number of hydrogen-bond acceptors (Lipinski definition) is 4. The first kappa shape index (κ1) is 21.6. The molecule has 0 unspecified atom stereocenters. The second kappa shape index (κ2) is 8.85. The Bertz CT molecular complexity index is 1210. The second-order valence-corrected chi connectivity index (χ2v) is 7.48. The zero-order valence-corrected chi connectivity index (χ0v) is 18.3. The Morgan fingerprint density at radius 2 is 1.66 bits per heavy atom. The standard InChI is InChI=1S/C25H20ClFN2O3/c1-3-28(18-7-5-4-6-8-18)23-22(16-9-11-17(27)12-10-16)24(30)29(25(23)31)19-13-14-21(32-2)20(26)15-19/h4-15H,3H2,1-2H3. The molecule has 162 valence electrons. The Hall–Kier alpha value is -3.64. The van der Waals surface area contributed by atoms with Crippen LogP contribution >= 0.6 is 11.6 Å². The molecule has 0 fully saturated rings. The molecule has 0 N–H and O–H groups in total. The SMILES string of the molecule is CCN(C1=C(c2ccc(F)cc2)C(=O)N(c2ccc(OC)c(Cl)c2)C1=O)c1ccccc1. The number of benzene rings is 3. The van der Waals surface area contributed by atoms with Crippen molar-refractivity contribution in [1.29, 1.82) is 0 Å². The molecular formula is C25H20ClFN2O3. The third-order valence-electron chi connectivity index (χ3n) is 5.24. The highest BCUT2D eigenvalue weighted by Gasteiger charge is 2.42. The summed E-state index contributed by atoms with van der Waals surface area (Å²) in [6.45, 7) is 2.34. The van der Waals surface area contributed by atoms with Crippen LogP contribution in [0.2, 0.25) is 5.02 Å². The summed E-state index contributed by atoms with van der Waals surface area (Å²) in [6, 6.07) is 19.6. The molecule has 2 amide bonds. The summed E-state index contributed by atoms with van der Waals surface area (Å²) < 4.78 is 18.8. The maximum atomic E-state index is 13.7. The van der Waals surface area contributed by atoms with Gasteiger partial charge < -0.3 is 9.64 Å². The zero-order chi connectivity index (χ0) is 22.8. The molecule has 0 aromatic heterocycles. The summed E-state index contributed by atoms with van der Waals surface area (Å²) in [6.07, 6.45) is 0. The molecule has 0 atom stereocenters. The van der Waals surface area contributed by atoms with E-state index in [0.717, 1.165) is 10.6 Å². The van der Waals surface area contributed by atoms with Crippen LogP contribution in [-0.4, -0.2) is 25.5 Å². The maximum absolute atomic E-state index is 13.7. The molecule has 1 heterocycles. The number of ether oxygens (including phenoxy) is 1. The molecular weight excluding hydrogens is 431 g/mol. The monoisotopic (exact) mass is 450 g/mol. The lowest BCUT2D eigenvalue weighted by Gasteiger charge is -2.25. The lowest BCUT2D eigenvalue weighted by atomic mass is 10.0. The Kier molecular flexibility index (Phi) is 5.97. The van der Waals surface area contributed by atoms with Crippen molar-refractivity contribution in [2.24, 2.45) is 0 Å².